The van der Waals surface area contributed by atoms with Gasteiger partial charge < -0.3 is 10.1 Å². The first-order valence-electron chi connectivity index (χ1n) is 6.49. The van der Waals surface area contributed by atoms with E-state index < -0.39 is 0 Å². The molecule has 0 aliphatic rings. The Balaban J connectivity index is 2.01. The minimum absolute atomic E-state index is 0.0517. The summed E-state index contributed by atoms with van der Waals surface area (Å²) in [4.78, 5) is 16.1. The molecule has 20 heavy (non-hydrogen) atoms. The highest BCUT2D eigenvalue weighted by molar-refractivity contribution is 5.94. The third-order valence-electron chi connectivity index (χ3n) is 3.08. The Morgan fingerprint density at radius 1 is 1.20 bits per heavy atom. The molecule has 4 heteroatoms. The second-order valence-electron chi connectivity index (χ2n) is 4.61. The first-order chi connectivity index (χ1) is 9.70. The van der Waals surface area contributed by atoms with Crippen LogP contribution in [0.2, 0.25) is 0 Å². The number of aromatic nitrogens is 1. The molecule has 0 aliphatic heterocycles. The van der Waals surface area contributed by atoms with Crippen molar-refractivity contribution in [3.05, 3.63) is 65.5 Å². The van der Waals surface area contributed by atoms with Gasteiger partial charge in [-0.25, -0.2) is 0 Å². The summed E-state index contributed by atoms with van der Waals surface area (Å²) in [6.07, 6.45) is 3.44. The smallest absolute Gasteiger partial charge is 0.251 e. The van der Waals surface area contributed by atoms with Crippen molar-refractivity contribution in [3.8, 4) is 0 Å². The largest absolute Gasteiger partial charge is 0.380 e. The molecule has 1 N–H and O–H groups in total. The lowest BCUT2D eigenvalue weighted by atomic mass is 10.1. The van der Waals surface area contributed by atoms with Gasteiger partial charge in [-0.2, -0.15) is 0 Å². The number of carbonyl (C=O) groups excluding carboxylic acids is 1. The molecular weight excluding hydrogens is 252 g/mol. The predicted octanol–water partition coefficient (Wildman–Crippen LogP) is 2.72. The first kappa shape index (κ1) is 14.2. The number of carbonyl (C=O) groups is 1. The summed E-state index contributed by atoms with van der Waals surface area (Å²) in [5.74, 6) is -0.0849. The Kier molecular flexibility index (Phi) is 4.85. The molecule has 2 rings (SSSR count). The van der Waals surface area contributed by atoms with Crippen molar-refractivity contribution in [2.75, 3.05) is 7.11 Å². The SMILES string of the molecule is COCc1ccc(C(=O)NC(C)c2ccncc2)cc1. The lowest BCUT2D eigenvalue weighted by Crippen LogP contribution is -2.26. The Morgan fingerprint density at radius 3 is 2.45 bits per heavy atom. The van der Waals surface area contributed by atoms with Gasteiger partial charge in [0.1, 0.15) is 0 Å². The van der Waals surface area contributed by atoms with Crippen LogP contribution >= 0.6 is 0 Å². The highest BCUT2D eigenvalue weighted by Gasteiger charge is 2.11. The number of methoxy groups -OCH3 is 1. The van der Waals surface area contributed by atoms with Gasteiger partial charge in [-0.15, -0.1) is 0 Å². The van der Waals surface area contributed by atoms with Gasteiger partial charge in [0.2, 0.25) is 0 Å². The van der Waals surface area contributed by atoms with Gasteiger partial charge in [-0.3, -0.25) is 9.78 Å². The third kappa shape index (κ3) is 3.65. The second kappa shape index (κ2) is 6.82. The first-order valence-corrected chi connectivity index (χ1v) is 6.49. The van der Waals surface area contributed by atoms with Gasteiger partial charge in [0.05, 0.1) is 12.6 Å². The lowest BCUT2D eigenvalue weighted by molar-refractivity contribution is 0.0940. The molecule has 1 heterocycles. The molecule has 1 amide bonds. The standard InChI is InChI=1S/C16H18N2O2/c1-12(14-7-9-17-10-8-14)18-16(19)15-5-3-13(4-6-15)11-20-2/h3-10,12H,11H2,1-2H3,(H,18,19). The maximum atomic E-state index is 12.1. The molecule has 0 saturated heterocycles. The maximum Gasteiger partial charge on any atom is 0.251 e. The van der Waals surface area contributed by atoms with Crippen LogP contribution in [0.15, 0.2) is 48.8 Å². The Labute approximate surface area is 118 Å². The Morgan fingerprint density at radius 2 is 1.85 bits per heavy atom. The summed E-state index contributed by atoms with van der Waals surface area (Å²) < 4.78 is 5.04. The number of hydrogen-bond acceptors (Lipinski definition) is 3. The Bertz CT molecular complexity index is 552. The van der Waals surface area contributed by atoms with Gasteiger partial charge >= 0.3 is 0 Å². The van der Waals surface area contributed by atoms with Gasteiger partial charge in [0.15, 0.2) is 0 Å². The molecule has 0 bridgehead atoms. The van der Waals surface area contributed by atoms with Crippen LogP contribution in [-0.2, 0) is 11.3 Å². The van der Waals surface area contributed by atoms with Crippen molar-refractivity contribution in [2.24, 2.45) is 0 Å². The summed E-state index contributed by atoms with van der Waals surface area (Å²) in [7, 11) is 1.65. The molecule has 0 saturated carbocycles. The summed E-state index contributed by atoms with van der Waals surface area (Å²) in [5.41, 5.74) is 2.72. The van der Waals surface area contributed by atoms with Crippen LogP contribution in [0.3, 0.4) is 0 Å². The van der Waals surface area contributed by atoms with Crippen LogP contribution in [0.1, 0.15) is 34.5 Å². The molecular formula is C16H18N2O2. The van der Waals surface area contributed by atoms with E-state index >= 15 is 0 Å². The highest BCUT2D eigenvalue weighted by Crippen LogP contribution is 2.12. The summed E-state index contributed by atoms with van der Waals surface area (Å²) in [5, 5.41) is 2.97. The van der Waals surface area contributed by atoms with Crippen LogP contribution in [0.4, 0.5) is 0 Å². The quantitative estimate of drug-likeness (QED) is 0.908. The zero-order valence-corrected chi connectivity index (χ0v) is 11.7. The fraction of sp³-hybridized carbons (Fsp3) is 0.250. The zero-order chi connectivity index (χ0) is 14.4. The van der Waals surface area contributed by atoms with Crippen molar-refractivity contribution in [1.82, 2.24) is 10.3 Å². The van der Waals surface area contributed by atoms with Crippen LogP contribution in [0.25, 0.3) is 0 Å². The van der Waals surface area contributed by atoms with E-state index in [9.17, 15) is 4.79 Å². The summed E-state index contributed by atoms with van der Waals surface area (Å²) in [6.45, 7) is 2.50. The topological polar surface area (TPSA) is 51.2 Å². The van der Waals surface area contributed by atoms with Crippen molar-refractivity contribution in [2.45, 2.75) is 19.6 Å². The van der Waals surface area contributed by atoms with E-state index in [4.69, 9.17) is 4.74 Å². The van der Waals surface area contributed by atoms with Crippen molar-refractivity contribution >= 4 is 5.91 Å². The van der Waals surface area contributed by atoms with Gasteiger partial charge in [-0.05, 0) is 42.3 Å². The number of rotatable bonds is 5. The third-order valence-corrected chi connectivity index (χ3v) is 3.08. The van der Waals surface area contributed by atoms with E-state index in [1.54, 1.807) is 19.5 Å². The lowest BCUT2D eigenvalue weighted by Gasteiger charge is -2.14. The normalized spacial score (nSPS) is 11.9. The number of benzene rings is 1. The number of ether oxygens (including phenoxy) is 1. The average molecular weight is 270 g/mol. The highest BCUT2D eigenvalue weighted by atomic mass is 16.5. The number of amides is 1. The molecule has 1 atom stereocenters. The van der Waals surface area contributed by atoms with Crippen LogP contribution in [-0.4, -0.2) is 18.0 Å². The minimum atomic E-state index is -0.0849. The Hall–Kier alpha value is -2.20. The molecule has 1 aromatic heterocycles. The average Bonchev–Trinajstić information content (AvgIpc) is 2.49. The van der Waals surface area contributed by atoms with Gasteiger partial charge in [0, 0.05) is 25.1 Å². The van der Waals surface area contributed by atoms with Crippen molar-refractivity contribution < 1.29 is 9.53 Å². The molecule has 0 spiro atoms. The molecule has 1 unspecified atom stereocenters. The van der Waals surface area contributed by atoms with E-state index in [1.807, 2.05) is 43.3 Å². The molecule has 0 fully saturated rings. The molecule has 0 aliphatic carbocycles. The number of pyridine rings is 1. The molecule has 2 aromatic rings. The van der Waals surface area contributed by atoms with Gasteiger partial charge in [-0.1, -0.05) is 12.1 Å². The van der Waals surface area contributed by atoms with Crippen molar-refractivity contribution in [1.29, 1.82) is 0 Å². The fourth-order valence-electron chi connectivity index (χ4n) is 1.93. The molecule has 4 nitrogen and oxygen atoms in total. The van der Waals surface area contributed by atoms with E-state index in [0.717, 1.165) is 11.1 Å². The monoisotopic (exact) mass is 270 g/mol. The maximum absolute atomic E-state index is 12.1. The predicted molar refractivity (Wildman–Crippen MR) is 77.3 cm³/mol. The summed E-state index contributed by atoms with van der Waals surface area (Å²) >= 11 is 0. The zero-order valence-electron chi connectivity index (χ0n) is 11.7. The number of nitrogens with one attached hydrogen (secondary N) is 1. The molecule has 0 radical (unpaired) electrons. The summed E-state index contributed by atoms with van der Waals surface area (Å²) in [6, 6.07) is 11.2. The fourth-order valence-corrected chi connectivity index (χ4v) is 1.93. The molecule has 104 valence electrons. The van der Waals surface area contributed by atoms with E-state index in [-0.39, 0.29) is 11.9 Å². The second-order valence-corrected chi connectivity index (χ2v) is 4.61. The van der Waals surface area contributed by atoms with Crippen LogP contribution < -0.4 is 5.32 Å². The minimum Gasteiger partial charge on any atom is -0.380 e. The van der Waals surface area contributed by atoms with E-state index in [0.29, 0.717) is 12.2 Å². The van der Waals surface area contributed by atoms with Crippen LogP contribution in [0, 0.1) is 0 Å². The van der Waals surface area contributed by atoms with Crippen molar-refractivity contribution in [3.63, 3.8) is 0 Å². The molecule has 1 aromatic carbocycles. The number of nitrogens with zero attached hydrogens (tertiary/aromatic N) is 1. The van der Waals surface area contributed by atoms with Crippen LogP contribution in [0.5, 0.6) is 0 Å². The van der Waals surface area contributed by atoms with E-state index in [1.165, 1.54) is 0 Å². The number of hydrogen-bond donors (Lipinski definition) is 1. The van der Waals surface area contributed by atoms with E-state index in [2.05, 4.69) is 10.3 Å². The van der Waals surface area contributed by atoms with Gasteiger partial charge in [0.25, 0.3) is 5.91 Å².